The van der Waals surface area contributed by atoms with Crippen molar-refractivity contribution in [1.82, 2.24) is 4.98 Å². The van der Waals surface area contributed by atoms with Gasteiger partial charge in [-0.15, -0.1) is 11.3 Å². The number of amides is 1. The van der Waals surface area contributed by atoms with E-state index in [2.05, 4.69) is 10.3 Å². The summed E-state index contributed by atoms with van der Waals surface area (Å²) in [6.45, 7) is 0. The molecule has 0 bridgehead atoms. The number of aromatic nitrogens is 1. The number of nitriles is 1. The molecule has 6 nitrogen and oxygen atoms in total. The maximum atomic E-state index is 11.9. The first-order valence-electron chi connectivity index (χ1n) is 5.83. The number of ether oxygens (including phenoxy) is 1. The van der Waals surface area contributed by atoms with Crippen molar-refractivity contribution in [3.05, 3.63) is 40.9 Å². The highest BCUT2D eigenvalue weighted by molar-refractivity contribution is 7.13. The van der Waals surface area contributed by atoms with Gasteiger partial charge < -0.3 is 9.84 Å². The third kappa shape index (κ3) is 3.58. The highest BCUT2D eigenvalue weighted by Crippen LogP contribution is 2.27. The predicted octanol–water partition coefficient (Wildman–Crippen LogP) is 2.40. The van der Waals surface area contributed by atoms with Gasteiger partial charge in [-0.2, -0.15) is 5.26 Å². The van der Waals surface area contributed by atoms with Gasteiger partial charge in [-0.05, 0) is 23.8 Å². The molecule has 7 heteroatoms. The fourth-order valence-electron chi connectivity index (χ4n) is 1.56. The van der Waals surface area contributed by atoms with E-state index in [9.17, 15) is 9.90 Å². The molecular formula is C14H11N3O3S. The van der Waals surface area contributed by atoms with Gasteiger partial charge in [0.05, 0.1) is 7.11 Å². The molecule has 1 heterocycles. The van der Waals surface area contributed by atoms with Gasteiger partial charge in [0.1, 0.15) is 11.6 Å². The summed E-state index contributed by atoms with van der Waals surface area (Å²) in [4.78, 5) is 15.8. The summed E-state index contributed by atoms with van der Waals surface area (Å²) in [6, 6.07) is 6.42. The van der Waals surface area contributed by atoms with Crippen LogP contribution >= 0.6 is 11.3 Å². The van der Waals surface area contributed by atoms with Crippen LogP contribution in [0.15, 0.2) is 35.3 Å². The summed E-state index contributed by atoms with van der Waals surface area (Å²) < 4.78 is 4.93. The lowest BCUT2D eigenvalue weighted by atomic mass is 10.1. The van der Waals surface area contributed by atoms with Crippen molar-refractivity contribution >= 4 is 28.5 Å². The van der Waals surface area contributed by atoms with Crippen molar-refractivity contribution in [2.24, 2.45) is 0 Å². The van der Waals surface area contributed by atoms with E-state index in [4.69, 9.17) is 10.00 Å². The molecule has 0 atom stereocenters. The Morgan fingerprint density at radius 3 is 2.95 bits per heavy atom. The first-order valence-corrected chi connectivity index (χ1v) is 6.71. The van der Waals surface area contributed by atoms with E-state index in [-0.39, 0.29) is 11.3 Å². The van der Waals surface area contributed by atoms with Gasteiger partial charge in [0.15, 0.2) is 16.6 Å². The molecule has 0 spiro atoms. The number of nitrogens with one attached hydrogen (secondary N) is 1. The van der Waals surface area contributed by atoms with Crippen molar-refractivity contribution in [2.75, 3.05) is 12.4 Å². The average Bonchev–Trinajstić information content (AvgIpc) is 2.97. The van der Waals surface area contributed by atoms with Crippen LogP contribution in [0.5, 0.6) is 11.5 Å². The molecule has 2 rings (SSSR count). The van der Waals surface area contributed by atoms with Gasteiger partial charge in [-0.1, -0.05) is 6.07 Å². The van der Waals surface area contributed by atoms with E-state index < -0.39 is 5.91 Å². The third-order valence-corrected chi connectivity index (χ3v) is 3.22. The summed E-state index contributed by atoms with van der Waals surface area (Å²) in [6.07, 6.45) is 2.93. The normalized spacial score (nSPS) is 10.8. The number of aromatic hydroxyl groups is 1. The number of anilines is 1. The van der Waals surface area contributed by atoms with Crippen molar-refractivity contribution in [3.8, 4) is 17.6 Å². The molecule has 2 N–H and O–H groups in total. The summed E-state index contributed by atoms with van der Waals surface area (Å²) in [5.74, 6) is -0.301. The van der Waals surface area contributed by atoms with E-state index in [0.717, 1.165) is 0 Å². The Morgan fingerprint density at radius 1 is 1.57 bits per heavy atom. The smallest absolute Gasteiger partial charge is 0.268 e. The fraction of sp³-hybridized carbons (Fsp3) is 0.0714. The van der Waals surface area contributed by atoms with Crippen LogP contribution in [0.25, 0.3) is 6.08 Å². The minimum Gasteiger partial charge on any atom is -0.504 e. The first kappa shape index (κ1) is 14.6. The van der Waals surface area contributed by atoms with E-state index in [0.29, 0.717) is 16.4 Å². The van der Waals surface area contributed by atoms with Gasteiger partial charge in [-0.25, -0.2) is 4.98 Å². The Morgan fingerprint density at radius 2 is 2.38 bits per heavy atom. The zero-order chi connectivity index (χ0) is 15.2. The predicted molar refractivity (Wildman–Crippen MR) is 79.0 cm³/mol. The maximum Gasteiger partial charge on any atom is 0.268 e. The number of phenolic OH excluding ortho intramolecular Hbond substituents is 1. The molecule has 1 aromatic heterocycles. The molecule has 2 aromatic rings. The molecule has 0 saturated heterocycles. The van der Waals surface area contributed by atoms with Gasteiger partial charge >= 0.3 is 0 Å². The minimum atomic E-state index is -0.553. The summed E-state index contributed by atoms with van der Waals surface area (Å²) in [5.41, 5.74) is 0.425. The average molecular weight is 301 g/mol. The van der Waals surface area contributed by atoms with Crippen molar-refractivity contribution < 1.29 is 14.6 Å². The van der Waals surface area contributed by atoms with Gasteiger partial charge in [-0.3, -0.25) is 10.1 Å². The second-order valence-corrected chi connectivity index (χ2v) is 4.79. The number of carbonyl (C=O) groups is 1. The number of methoxy groups -OCH3 is 1. The number of hydrogen-bond donors (Lipinski definition) is 2. The Labute approximate surface area is 124 Å². The Kier molecular flexibility index (Phi) is 4.53. The maximum absolute atomic E-state index is 11.9. The number of nitrogens with zero attached hydrogens (tertiary/aromatic N) is 2. The fourth-order valence-corrected chi connectivity index (χ4v) is 2.09. The summed E-state index contributed by atoms with van der Waals surface area (Å²) in [5, 5.41) is 23.4. The molecule has 0 aliphatic carbocycles. The first-order chi connectivity index (χ1) is 10.1. The number of hydrogen-bond acceptors (Lipinski definition) is 6. The molecule has 21 heavy (non-hydrogen) atoms. The van der Waals surface area contributed by atoms with Gasteiger partial charge in [0.2, 0.25) is 0 Å². The second kappa shape index (κ2) is 6.54. The third-order valence-electron chi connectivity index (χ3n) is 2.53. The van der Waals surface area contributed by atoms with Crippen LogP contribution in [0.4, 0.5) is 5.13 Å². The number of rotatable bonds is 4. The van der Waals surface area contributed by atoms with Crippen LogP contribution in [-0.2, 0) is 4.79 Å². The van der Waals surface area contributed by atoms with Crippen LogP contribution in [0.2, 0.25) is 0 Å². The van der Waals surface area contributed by atoms with E-state index in [1.165, 1.54) is 30.6 Å². The zero-order valence-corrected chi connectivity index (χ0v) is 11.8. The lowest BCUT2D eigenvalue weighted by molar-refractivity contribution is -0.112. The second-order valence-electron chi connectivity index (χ2n) is 3.89. The van der Waals surface area contributed by atoms with Crippen LogP contribution in [0, 0.1) is 11.3 Å². The van der Waals surface area contributed by atoms with Crippen LogP contribution in [0.1, 0.15) is 5.56 Å². The zero-order valence-electron chi connectivity index (χ0n) is 11.0. The largest absolute Gasteiger partial charge is 0.504 e. The molecular weight excluding hydrogens is 290 g/mol. The molecule has 0 aliphatic heterocycles. The van der Waals surface area contributed by atoms with Crippen molar-refractivity contribution in [2.45, 2.75) is 0 Å². The summed E-state index contributed by atoms with van der Waals surface area (Å²) >= 11 is 1.26. The lowest BCUT2D eigenvalue weighted by Gasteiger charge is -2.04. The number of thiazole rings is 1. The molecule has 0 radical (unpaired) electrons. The van der Waals surface area contributed by atoms with Crippen LogP contribution in [-0.4, -0.2) is 23.1 Å². The van der Waals surface area contributed by atoms with E-state index in [1.807, 2.05) is 6.07 Å². The topological polar surface area (TPSA) is 95.2 Å². The van der Waals surface area contributed by atoms with Crippen molar-refractivity contribution in [1.29, 1.82) is 5.26 Å². The highest BCUT2D eigenvalue weighted by Gasteiger charge is 2.11. The standard InChI is InChI=1S/C14H11N3O3S/c1-20-12-3-2-9(7-11(12)18)6-10(8-15)13(19)17-14-16-4-5-21-14/h2-7,18H,1H3,(H,16,17,19). The van der Waals surface area contributed by atoms with Gasteiger partial charge in [0.25, 0.3) is 5.91 Å². The molecule has 0 aliphatic rings. The molecule has 1 aromatic carbocycles. The number of phenols is 1. The van der Waals surface area contributed by atoms with E-state index >= 15 is 0 Å². The number of benzene rings is 1. The Hall–Kier alpha value is -2.85. The number of carbonyl (C=O) groups excluding carboxylic acids is 1. The monoisotopic (exact) mass is 301 g/mol. The molecule has 1 amide bonds. The Bertz CT molecular complexity index is 718. The van der Waals surface area contributed by atoms with Crippen LogP contribution in [0.3, 0.4) is 0 Å². The molecule has 0 saturated carbocycles. The molecule has 0 unspecified atom stereocenters. The lowest BCUT2D eigenvalue weighted by Crippen LogP contribution is -2.13. The minimum absolute atomic E-state index is 0.0659. The molecule has 0 fully saturated rings. The highest BCUT2D eigenvalue weighted by atomic mass is 32.1. The summed E-state index contributed by atoms with van der Waals surface area (Å²) in [7, 11) is 1.44. The van der Waals surface area contributed by atoms with Crippen molar-refractivity contribution in [3.63, 3.8) is 0 Å². The van der Waals surface area contributed by atoms with Gasteiger partial charge in [0, 0.05) is 11.6 Å². The Balaban J connectivity index is 2.22. The van der Waals surface area contributed by atoms with E-state index in [1.54, 1.807) is 23.7 Å². The molecule has 106 valence electrons. The quantitative estimate of drug-likeness (QED) is 0.668. The SMILES string of the molecule is COc1ccc(C=C(C#N)C(=O)Nc2nccs2)cc1O. The van der Waals surface area contributed by atoms with Crippen LogP contribution < -0.4 is 10.1 Å².